The second kappa shape index (κ2) is 6.89. The Kier molecular flexibility index (Phi) is 6.09. The van der Waals surface area contributed by atoms with Crippen molar-refractivity contribution < 1.29 is 14.3 Å². The molecule has 0 radical (unpaired) electrons. The van der Waals surface area contributed by atoms with Gasteiger partial charge in [0.15, 0.2) is 14.6 Å². The van der Waals surface area contributed by atoms with Crippen molar-refractivity contribution >= 4 is 8.32 Å². The minimum atomic E-state index is -2.12. The average molecular weight is 330 g/mol. The molecule has 0 spiro atoms. The Morgan fingerprint density at radius 1 is 1.32 bits per heavy atom. The number of hydrogen-bond donors (Lipinski definition) is 1. The Hall–Kier alpha value is -0.593. The molecule has 0 saturated carbocycles. The van der Waals surface area contributed by atoms with E-state index in [9.17, 15) is 5.11 Å². The van der Waals surface area contributed by atoms with Gasteiger partial charge in [0, 0.05) is 4.91 Å². The molecule has 1 saturated heterocycles. The Labute approximate surface area is 135 Å². The van der Waals surface area contributed by atoms with Crippen molar-refractivity contribution in [2.75, 3.05) is 0 Å². The fourth-order valence-electron chi connectivity index (χ4n) is 2.70. The SMILES string of the molecule is CC1O[C@@H](O[Si](C)(C)C(C)(C)C(C)C)C(N=[N+]=[N-])[C@@H](C)[C@@H]1O. The molecular formula is C15H31N3O3Si. The lowest BCUT2D eigenvalue weighted by molar-refractivity contribution is -0.212. The summed E-state index contributed by atoms with van der Waals surface area (Å²) >= 11 is 0. The minimum Gasteiger partial charge on any atom is -0.392 e. The summed E-state index contributed by atoms with van der Waals surface area (Å²) in [6, 6.07) is -0.508. The summed E-state index contributed by atoms with van der Waals surface area (Å²) in [4.78, 5) is 2.92. The number of aliphatic hydroxyl groups is 1. The predicted molar refractivity (Wildman–Crippen MR) is 89.9 cm³/mol. The zero-order valence-electron chi connectivity index (χ0n) is 15.1. The summed E-state index contributed by atoms with van der Waals surface area (Å²) in [6.07, 6.45) is -1.58. The van der Waals surface area contributed by atoms with Crippen molar-refractivity contribution in [2.45, 2.75) is 84.2 Å². The molecule has 0 aromatic rings. The Morgan fingerprint density at radius 2 is 1.86 bits per heavy atom. The lowest BCUT2D eigenvalue weighted by Gasteiger charge is -2.48. The van der Waals surface area contributed by atoms with E-state index in [1.807, 2.05) is 13.8 Å². The lowest BCUT2D eigenvalue weighted by Crippen LogP contribution is -2.57. The molecule has 1 rings (SSSR count). The maximum absolute atomic E-state index is 10.2. The Morgan fingerprint density at radius 3 is 2.32 bits per heavy atom. The highest BCUT2D eigenvalue weighted by Crippen LogP contribution is 2.46. The van der Waals surface area contributed by atoms with Crippen LogP contribution in [0.15, 0.2) is 5.11 Å². The van der Waals surface area contributed by atoms with E-state index in [-0.39, 0.29) is 17.1 Å². The summed E-state index contributed by atoms with van der Waals surface area (Å²) in [5, 5.41) is 14.0. The van der Waals surface area contributed by atoms with Crippen LogP contribution in [0.1, 0.15) is 41.5 Å². The van der Waals surface area contributed by atoms with Gasteiger partial charge in [-0.2, -0.15) is 0 Å². The molecule has 1 aliphatic heterocycles. The number of azide groups is 1. The largest absolute Gasteiger partial charge is 0.392 e. The molecule has 22 heavy (non-hydrogen) atoms. The van der Waals surface area contributed by atoms with Crippen molar-refractivity contribution in [2.24, 2.45) is 17.0 Å². The lowest BCUT2D eigenvalue weighted by atomic mass is 9.90. The van der Waals surface area contributed by atoms with E-state index in [1.54, 1.807) is 0 Å². The first-order chi connectivity index (χ1) is 9.95. The maximum Gasteiger partial charge on any atom is 0.196 e. The van der Waals surface area contributed by atoms with Crippen molar-refractivity contribution in [1.82, 2.24) is 0 Å². The van der Waals surface area contributed by atoms with E-state index in [2.05, 4.69) is 50.8 Å². The molecule has 7 heteroatoms. The molecule has 5 atom stereocenters. The van der Waals surface area contributed by atoms with Crippen LogP contribution in [0.2, 0.25) is 18.1 Å². The minimum absolute atomic E-state index is 0.0415. The molecule has 0 aromatic heterocycles. The third-order valence-electron chi connectivity index (χ3n) is 5.78. The van der Waals surface area contributed by atoms with Gasteiger partial charge in [-0.3, -0.25) is 0 Å². The molecule has 1 heterocycles. The van der Waals surface area contributed by atoms with E-state index in [1.165, 1.54) is 0 Å². The second-order valence-corrected chi connectivity index (χ2v) is 12.3. The van der Waals surface area contributed by atoms with Gasteiger partial charge in [0.25, 0.3) is 0 Å². The van der Waals surface area contributed by atoms with Crippen LogP contribution in [0.25, 0.3) is 10.4 Å². The first kappa shape index (κ1) is 19.5. The van der Waals surface area contributed by atoms with E-state index in [0.29, 0.717) is 5.92 Å². The van der Waals surface area contributed by atoms with Crippen molar-refractivity contribution in [1.29, 1.82) is 0 Å². The predicted octanol–water partition coefficient (Wildman–Crippen LogP) is 4.07. The summed E-state index contributed by atoms with van der Waals surface area (Å²) in [5.41, 5.74) is 8.83. The van der Waals surface area contributed by atoms with E-state index in [4.69, 9.17) is 14.7 Å². The molecule has 2 unspecified atom stereocenters. The van der Waals surface area contributed by atoms with E-state index in [0.717, 1.165) is 0 Å². The van der Waals surface area contributed by atoms with E-state index >= 15 is 0 Å². The van der Waals surface area contributed by atoms with Gasteiger partial charge in [-0.15, -0.1) is 0 Å². The third kappa shape index (κ3) is 3.66. The van der Waals surface area contributed by atoms with Crippen molar-refractivity contribution in [3.63, 3.8) is 0 Å². The van der Waals surface area contributed by atoms with Crippen LogP contribution in [0.5, 0.6) is 0 Å². The van der Waals surface area contributed by atoms with Crippen LogP contribution in [0, 0.1) is 11.8 Å². The molecule has 1 N–H and O–H groups in total. The molecule has 0 aliphatic carbocycles. The smallest absolute Gasteiger partial charge is 0.196 e. The van der Waals surface area contributed by atoms with Crippen molar-refractivity contribution in [3.05, 3.63) is 10.4 Å². The molecule has 128 valence electrons. The molecule has 0 aromatic carbocycles. The van der Waals surface area contributed by atoms with Crippen LogP contribution in [-0.4, -0.2) is 38.0 Å². The highest BCUT2D eigenvalue weighted by molar-refractivity contribution is 6.74. The fraction of sp³-hybridized carbons (Fsp3) is 1.00. The normalized spacial score (nSPS) is 33.6. The van der Waals surface area contributed by atoms with Crippen LogP contribution in [0.4, 0.5) is 0 Å². The summed E-state index contributed by atoms with van der Waals surface area (Å²) in [7, 11) is -2.12. The van der Waals surface area contributed by atoms with Gasteiger partial charge in [-0.1, -0.05) is 39.7 Å². The maximum atomic E-state index is 10.2. The summed E-state index contributed by atoms with van der Waals surface area (Å²) < 4.78 is 12.2. The zero-order chi connectivity index (χ0) is 17.3. The highest BCUT2D eigenvalue weighted by Gasteiger charge is 2.49. The quantitative estimate of drug-likeness (QED) is 0.357. The number of hydrogen-bond acceptors (Lipinski definition) is 4. The second-order valence-electron chi connectivity index (χ2n) is 7.76. The number of ether oxygens (including phenoxy) is 1. The van der Waals surface area contributed by atoms with Gasteiger partial charge in [0.1, 0.15) is 0 Å². The average Bonchev–Trinajstić information content (AvgIpc) is 2.40. The van der Waals surface area contributed by atoms with Gasteiger partial charge in [0.2, 0.25) is 0 Å². The van der Waals surface area contributed by atoms with Gasteiger partial charge >= 0.3 is 0 Å². The van der Waals surface area contributed by atoms with Gasteiger partial charge < -0.3 is 14.3 Å². The van der Waals surface area contributed by atoms with Crippen LogP contribution >= 0.6 is 0 Å². The number of nitrogens with zero attached hydrogens (tertiary/aromatic N) is 3. The topological polar surface area (TPSA) is 87.5 Å². The number of rotatable bonds is 5. The summed E-state index contributed by atoms with van der Waals surface area (Å²) in [5.74, 6) is 0.271. The van der Waals surface area contributed by atoms with Gasteiger partial charge in [-0.25, -0.2) is 0 Å². The molecular weight excluding hydrogens is 298 g/mol. The molecule has 1 aliphatic rings. The van der Waals surface area contributed by atoms with Crippen molar-refractivity contribution in [3.8, 4) is 0 Å². The zero-order valence-corrected chi connectivity index (χ0v) is 16.1. The first-order valence-corrected chi connectivity index (χ1v) is 10.9. The first-order valence-electron chi connectivity index (χ1n) is 8.01. The van der Waals surface area contributed by atoms with E-state index < -0.39 is 26.8 Å². The summed E-state index contributed by atoms with van der Waals surface area (Å²) in [6.45, 7) is 16.9. The molecule has 0 amide bonds. The van der Waals surface area contributed by atoms with Gasteiger partial charge in [-0.05, 0) is 42.4 Å². The molecule has 0 bridgehead atoms. The third-order valence-corrected chi connectivity index (χ3v) is 10.3. The van der Waals surface area contributed by atoms with Crippen LogP contribution in [0.3, 0.4) is 0 Å². The molecule has 1 fully saturated rings. The van der Waals surface area contributed by atoms with Crippen LogP contribution < -0.4 is 0 Å². The fourth-order valence-corrected chi connectivity index (χ4v) is 5.17. The van der Waals surface area contributed by atoms with Gasteiger partial charge in [0.05, 0.1) is 18.2 Å². The molecule has 6 nitrogen and oxygen atoms in total. The van der Waals surface area contributed by atoms with Crippen LogP contribution in [-0.2, 0) is 9.16 Å². The highest BCUT2D eigenvalue weighted by atomic mass is 28.4. The number of aliphatic hydroxyl groups excluding tert-OH is 1. The Balaban J connectivity index is 3.04. The Bertz CT molecular complexity index is 436. The monoisotopic (exact) mass is 329 g/mol. The standard InChI is InChI=1S/C15H31N3O3Si/c1-9(2)15(5,6)22(7,8)21-14-12(17-18-16)10(3)13(19)11(4)20-14/h9-14,19H,1-8H3/t10-,11?,12?,13+,14+/m1/s1.